The zero-order chi connectivity index (χ0) is 19.1. The molecule has 0 radical (unpaired) electrons. The van der Waals surface area contributed by atoms with Crippen molar-refractivity contribution >= 4 is 44.8 Å². The molecular formula is C19H17BrN4O3. The molecule has 2 heterocycles. The van der Waals surface area contributed by atoms with Gasteiger partial charge >= 0.3 is 12.1 Å². The van der Waals surface area contributed by atoms with Gasteiger partial charge in [-0.1, -0.05) is 28.1 Å². The first-order chi connectivity index (χ1) is 13.0. The number of carbonyl (C=O) groups excluding carboxylic acids is 2. The molecule has 0 fully saturated rings. The Balaban J connectivity index is 1.85. The Bertz CT molecular complexity index is 1030. The van der Waals surface area contributed by atoms with Gasteiger partial charge < -0.3 is 4.74 Å². The van der Waals surface area contributed by atoms with Crippen LogP contribution in [0.2, 0.25) is 0 Å². The van der Waals surface area contributed by atoms with Crippen LogP contribution in [-0.2, 0) is 11.3 Å². The fourth-order valence-electron chi connectivity index (χ4n) is 3.05. The van der Waals surface area contributed by atoms with Gasteiger partial charge in [0.2, 0.25) is 0 Å². The first-order valence-corrected chi connectivity index (χ1v) is 9.29. The highest BCUT2D eigenvalue weighted by Gasteiger charge is 2.39. The number of para-hydroxylation sites is 2. The van der Waals surface area contributed by atoms with E-state index in [2.05, 4.69) is 20.9 Å². The van der Waals surface area contributed by atoms with Gasteiger partial charge in [0.05, 0.1) is 29.4 Å². The third kappa shape index (κ3) is 3.06. The highest BCUT2D eigenvalue weighted by molar-refractivity contribution is 9.10. The molecule has 0 saturated heterocycles. The second-order valence-electron chi connectivity index (χ2n) is 6.41. The molecule has 0 spiro atoms. The second-order valence-corrected chi connectivity index (χ2v) is 7.33. The monoisotopic (exact) mass is 428 g/mol. The number of carbonyl (C=O) groups is 2. The van der Waals surface area contributed by atoms with Gasteiger partial charge in [0.25, 0.3) is 0 Å². The normalized spacial score (nSPS) is 14.0. The lowest BCUT2D eigenvalue weighted by Crippen LogP contribution is -2.56. The van der Waals surface area contributed by atoms with Gasteiger partial charge in [-0.25, -0.2) is 19.1 Å². The molecule has 1 aromatic heterocycles. The Hall–Kier alpha value is -2.87. The Kier molecular flexibility index (Phi) is 4.35. The molecule has 0 saturated carbocycles. The summed E-state index contributed by atoms with van der Waals surface area (Å²) in [6.45, 7) is 3.75. The maximum atomic E-state index is 13.3. The van der Waals surface area contributed by atoms with E-state index in [9.17, 15) is 9.59 Å². The summed E-state index contributed by atoms with van der Waals surface area (Å²) in [4.78, 5) is 30.6. The van der Waals surface area contributed by atoms with Crippen LogP contribution < -0.4 is 5.01 Å². The van der Waals surface area contributed by atoms with Crippen molar-refractivity contribution in [3.05, 3.63) is 58.8 Å². The Morgan fingerprint density at radius 3 is 2.56 bits per heavy atom. The van der Waals surface area contributed by atoms with Gasteiger partial charge in [0, 0.05) is 4.47 Å². The number of nitrogens with zero attached hydrogens (tertiary/aromatic N) is 4. The van der Waals surface area contributed by atoms with Crippen molar-refractivity contribution in [2.24, 2.45) is 0 Å². The van der Waals surface area contributed by atoms with Crippen molar-refractivity contribution in [3.63, 3.8) is 0 Å². The van der Waals surface area contributed by atoms with Crippen LogP contribution in [-0.4, -0.2) is 32.8 Å². The maximum absolute atomic E-state index is 13.3. The Labute approximate surface area is 164 Å². The van der Waals surface area contributed by atoms with Gasteiger partial charge in [-0.05, 0) is 50.2 Å². The molecule has 2 amide bonds. The van der Waals surface area contributed by atoms with Gasteiger partial charge in [-0.2, -0.15) is 0 Å². The lowest BCUT2D eigenvalue weighted by atomic mass is 10.3. The molecule has 27 heavy (non-hydrogen) atoms. The average molecular weight is 429 g/mol. The lowest BCUT2D eigenvalue weighted by Gasteiger charge is -2.37. The zero-order valence-corrected chi connectivity index (χ0v) is 16.4. The number of hydrazine groups is 1. The van der Waals surface area contributed by atoms with Crippen molar-refractivity contribution in [2.45, 2.75) is 26.5 Å². The zero-order valence-electron chi connectivity index (χ0n) is 14.8. The lowest BCUT2D eigenvalue weighted by molar-refractivity contribution is 0.0790. The molecule has 0 aliphatic carbocycles. The predicted octanol–water partition coefficient (Wildman–Crippen LogP) is 4.55. The van der Waals surface area contributed by atoms with E-state index >= 15 is 0 Å². The molecule has 138 valence electrons. The van der Waals surface area contributed by atoms with Crippen LogP contribution in [0.3, 0.4) is 0 Å². The van der Waals surface area contributed by atoms with Gasteiger partial charge in [-0.15, -0.1) is 5.01 Å². The van der Waals surface area contributed by atoms with Crippen LogP contribution in [0.4, 0.5) is 15.3 Å². The van der Waals surface area contributed by atoms with Gasteiger partial charge in [0.1, 0.15) is 5.82 Å². The van der Waals surface area contributed by atoms with Crippen molar-refractivity contribution in [1.29, 1.82) is 0 Å². The van der Waals surface area contributed by atoms with E-state index in [1.165, 1.54) is 4.57 Å². The summed E-state index contributed by atoms with van der Waals surface area (Å²) in [5.41, 5.74) is 2.05. The smallest absolute Gasteiger partial charge is 0.437 e. The van der Waals surface area contributed by atoms with Crippen molar-refractivity contribution < 1.29 is 14.3 Å². The number of hydrogen-bond acceptors (Lipinski definition) is 5. The molecule has 1 aliphatic heterocycles. The first-order valence-electron chi connectivity index (χ1n) is 8.50. The summed E-state index contributed by atoms with van der Waals surface area (Å²) in [5.74, 6) is 0.567. The van der Waals surface area contributed by atoms with Crippen molar-refractivity contribution in [3.8, 4) is 0 Å². The number of imide groups is 1. The van der Waals surface area contributed by atoms with Crippen LogP contribution in [0, 0.1) is 0 Å². The molecule has 7 nitrogen and oxygen atoms in total. The largest absolute Gasteiger partial charge is 0.445 e. The standard InChI is InChI=1S/C19H17BrN4O3/c1-12(2)27-19(26)24-18(25)23-16-6-4-3-5-15(16)21-17(23)11-22(24)14-9-7-13(20)8-10-14/h3-10,12H,11H2,1-2H3. The summed E-state index contributed by atoms with van der Waals surface area (Å²) >= 11 is 3.40. The number of hydrogen-bond donors (Lipinski definition) is 0. The minimum atomic E-state index is -0.721. The number of ether oxygens (including phenoxy) is 1. The number of rotatable bonds is 2. The minimum absolute atomic E-state index is 0.259. The molecule has 0 bridgehead atoms. The molecule has 3 aromatic rings. The topological polar surface area (TPSA) is 67.7 Å². The number of fused-ring (bicyclic) bond motifs is 3. The van der Waals surface area contributed by atoms with Crippen molar-refractivity contribution in [2.75, 3.05) is 5.01 Å². The van der Waals surface area contributed by atoms with E-state index < -0.39 is 12.1 Å². The van der Waals surface area contributed by atoms with Gasteiger partial charge in [0.15, 0.2) is 0 Å². The molecule has 1 aliphatic rings. The third-order valence-electron chi connectivity index (χ3n) is 4.17. The van der Waals surface area contributed by atoms with E-state index in [-0.39, 0.29) is 12.6 Å². The minimum Gasteiger partial charge on any atom is -0.445 e. The number of halogens is 1. The van der Waals surface area contributed by atoms with Crippen LogP contribution in [0.5, 0.6) is 0 Å². The molecular weight excluding hydrogens is 412 g/mol. The maximum Gasteiger partial charge on any atom is 0.437 e. The highest BCUT2D eigenvalue weighted by atomic mass is 79.9. The fraction of sp³-hybridized carbons (Fsp3) is 0.211. The number of amides is 2. The molecule has 8 heteroatoms. The SMILES string of the molecule is CC(C)OC(=O)N1C(=O)n2c(nc3ccccc32)CN1c1ccc(Br)cc1. The number of benzene rings is 2. The summed E-state index contributed by atoms with van der Waals surface area (Å²) in [6.07, 6.45) is -1.07. The third-order valence-corrected chi connectivity index (χ3v) is 4.70. The quantitative estimate of drug-likeness (QED) is 0.598. The van der Waals surface area contributed by atoms with Crippen LogP contribution >= 0.6 is 15.9 Å². The van der Waals surface area contributed by atoms with Crippen LogP contribution in [0.1, 0.15) is 19.7 Å². The molecule has 4 rings (SSSR count). The molecule has 2 aromatic carbocycles. The van der Waals surface area contributed by atoms with E-state index in [1.807, 2.05) is 48.5 Å². The van der Waals surface area contributed by atoms with E-state index in [0.717, 1.165) is 9.48 Å². The van der Waals surface area contributed by atoms with Crippen LogP contribution in [0.15, 0.2) is 53.0 Å². The highest BCUT2D eigenvalue weighted by Crippen LogP contribution is 2.29. The Morgan fingerprint density at radius 1 is 1.15 bits per heavy atom. The summed E-state index contributed by atoms with van der Waals surface area (Å²) in [5, 5.41) is 2.62. The summed E-state index contributed by atoms with van der Waals surface area (Å²) in [7, 11) is 0. The van der Waals surface area contributed by atoms with Crippen molar-refractivity contribution in [1.82, 2.24) is 14.6 Å². The second kappa shape index (κ2) is 6.70. The van der Waals surface area contributed by atoms with Crippen LogP contribution in [0.25, 0.3) is 11.0 Å². The summed E-state index contributed by atoms with van der Waals surface area (Å²) < 4.78 is 7.69. The van der Waals surface area contributed by atoms with Gasteiger partial charge in [-0.3, -0.25) is 5.01 Å². The molecule has 0 N–H and O–H groups in total. The molecule has 0 atom stereocenters. The van der Waals surface area contributed by atoms with E-state index in [1.54, 1.807) is 18.9 Å². The number of anilines is 1. The average Bonchev–Trinajstić information content (AvgIpc) is 3.00. The fourth-order valence-corrected chi connectivity index (χ4v) is 3.31. The first kappa shape index (κ1) is 17.5. The predicted molar refractivity (Wildman–Crippen MR) is 104 cm³/mol. The Morgan fingerprint density at radius 2 is 1.85 bits per heavy atom. The van der Waals surface area contributed by atoms with E-state index in [4.69, 9.17) is 4.74 Å². The number of imidazole rings is 1. The molecule has 0 unspecified atom stereocenters. The number of aromatic nitrogens is 2. The summed E-state index contributed by atoms with van der Waals surface area (Å²) in [6, 6.07) is 14.2. The van der Waals surface area contributed by atoms with E-state index in [0.29, 0.717) is 22.5 Å².